The van der Waals surface area contributed by atoms with Crippen molar-refractivity contribution in [2.45, 2.75) is 104 Å². The van der Waals surface area contributed by atoms with Crippen molar-refractivity contribution in [3.05, 3.63) is 46.0 Å². The molecule has 0 aliphatic carbocycles. The van der Waals surface area contributed by atoms with Crippen LogP contribution in [0.25, 0.3) is 10.9 Å². The van der Waals surface area contributed by atoms with Crippen LogP contribution in [0.1, 0.15) is 99.6 Å². The smallest absolute Gasteiger partial charge is 0.397 e. The molecule has 1 aliphatic rings. The van der Waals surface area contributed by atoms with Crippen molar-refractivity contribution in [3.8, 4) is 5.75 Å². The van der Waals surface area contributed by atoms with Crippen molar-refractivity contribution in [1.29, 1.82) is 0 Å². The first-order valence-corrected chi connectivity index (χ1v) is 19.5. The maximum absolute atomic E-state index is 13.4. The maximum Gasteiger partial charge on any atom is 0.397 e. The summed E-state index contributed by atoms with van der Waals surface area (Å²) in [7, 11) is -2.03. The lowest BCUT2D eigenvalue weighted by Crippen LogP contribution is -2.43. The fourth-order valence-corrected chi connectivity index (χ4v) is 7.12. The number of amides is 2. The van der Waals surface area contributed by atoms with Crippen LogP contribution in [-0.4, -0.2) is 61.3 Å². The number of aromatic nitrogens is 1. The number of aromatic amines is 1. The van der Waals surface area contributed by atoms with Gasteiger partial charge in [0.2, 0.25) is 8.32 Å². The number of ether oxygens (including phenoxy) is 2. The number of hydrogen-bond donors (Lipinski definition) is 4. The number of anilines is 1. The van der Waals surface area contributed by atoms with Gasteiger partial charge in [0, 0.05) is 22.3 Å². The molecule has 13 heteroatoms. The summed E-state index contributed by atoms with van der Waals surface area (Å²) in [4.78, 5) is 55.9. The van der Waals surface area contributed by atoms with Crippen LogP contribution in [-0.2, 0) is 25.5 Å². The Morgan fingerprint density at radius 3 is 2.23 bits per heavy atom. The Hall–Kier alpha value is -3.68. The summed E-state index contributed by atoms with van der Waals surface area (Å²) in [6.45, 7) is 22.0. The van der Waals surface area contributed by atoms with E-state index < -0.39 is 37.4 Å². The van der Waals surface area contributed by atoms with Gasteiger partial charge in [-0.2, -0.15) is 0 Å². The molecule has 47 heavy (non-hydrogen) atoms. The van der Waals surface area contributed by atoms with Crippen molar-refractivity contribution in [2.75, 3.05) is 18.4 Å². The number of benzene rings is 1. The van der Waals surface area contributed by atoms with E-state index in [0.717, 1.165) is 21.5 Å². The third-order valence-electron chi connectivity index (χ3n) is 8.02. The lowest BCUT2D eigenvalue weighted by molar-refractivity contribution is -0.161. The molecule has 1 unspecified atom stereocenters. The van der Waals surface area contributed by atoms with Crippen LogP contribution in [0.3, 0.4) is 0 Å². The highest BCUT2D eigenvalue weighted by atomic mass is 32.1. The molecule has 0 radical (unpaired) electrons. The van der Waals surface area contributed by atoms with E-state index >= 15 is 0 Å². The molecular weight excluding hydrogens is 637 g/mol. The number of carbonyl (C=O) groups is 4. The molecule has 0 spiro atoms. The SMILES string of the molecule is CC(C)(C)OC(=O)C(=O)Nc1sc2c(c1C(=O)OC(C)(C)C)CCNC2CNC(=O)c1cc2cc(O[Si](C)(C)C(C)(C)C)ccc2[nH]1. The molecule has 0 bridgehead atoms. The summed E-state index contributed by atoms with van der Waals surface area (Å²) in [5, 5.41) is 10.1. The van der Waals surface area contributed by atoms with Gasteiger partial charge in [0.15, 0.2) is 0 Å². The molecule has 1 aliphatic heterocycles. The molecular formula is C34H48N4O7SSi. The average molecular weight is 685 g/mol. The number of rotatable bonds is 7. The van der Waals surface area contributed by atoms with Gasteiger partial charge >= 0.3 is 17.8 Å². The van der Waals surface area contributed by atoms with Crippen LogP contribution in [0.5, 0.6) is 5.75 Å². The van der Waals surface area contributed by atoms with Crippen LogP contribution in [0.2, 0.25) is 18.1 Å². The van der Waals surface area contributed by atoms with Gasteiger partial charge in [-0.3, -0.25) is 9.59 Å². The molecule has 3 aromatic rings. The van der Waals surface area contributed by atoms with E-state index in [1.54, 1.807) is 47.6 Å². The minimum atomic E-state index is -2.03. The fraction of sp³-hybridized carbons (Fsp3) is 0.529. The second-order valence-electron chi connectivity index (χ2n) is 15.4. The van der Waals surface area contributed by atoms with Gasteiger partial charge in [-0.25, -0.2) is 9.59 Å². The number of carbonyl (C=O) groups excluding carboxylic acids is 4. The Balaban J connectivity index is 1.55. The first kappa shape index (κ1) is 36.2. The third kappa shape index (κ3) is 8.82. The first-order chi connectivity index (χ1) is 21.5. The summed E-state index contributed by atoms with van der Waals surface area (Å²) >= 11 is 1.17. The van der Waals surface area contributed by atoms with Crippen LogP contribution in [0.4, 0.5) is 5.00 Å². The number of nitrogens with one attached hydrogen (secondary N) is 4. The standard InChI is InChI=1S/C34H48N4O7SSi/c1-32(2,3)43-30(41)25-21-14-15-35-24(26(21)46-29(25)38-28(40)31(42)44-33(4,5)6)18-36-27(39)23-17-19-16-20(12-13-22(19)37-23)45-47(10,11)34(7,8)9/h12-13,16-17,24,35,37H,14-15,18H2,1-11H3,(H,36,39)(H,38,40). The van der Waals surface area contributed by atoms with Gasteiger partial charge in [0.05, 0.1) is 11.6 Å². The highest BCUT2D eigenvalue weighted by molar-refractivity contribution is 7.17. The van der Waals surface area contributed by atoms with Gasteiger partial charge in [0.25, 0.3) is 5.91 Å². The molecule has 4 N–H and O–H groups in total. The molecule has 0 saturated carbocycles. The first-order valence-electron chi connectivity index (χ1n) is 15.8. The van der Waals surface area contributed by atoms with Gasteiger partial charge in [-0.1, -0.05) is 20.8 Å². The zero-order valence-electron chi connectivity index (χ0n) is 29.3. The second kappa shape index (κ2) is 13.1. The van der Waals surface area contributed by atoms with Crippen molar-refractivity contribution < 1.29 is 33.1 Å². The highest BCUT2D eigenvalue weighted by Gasteiger charge is 2.39. The quantitative estimate of drug-likeness (QED) is 0.126. The molecule has 2 amide bonds. The highest BCUT2D eigenvalue weighted by Crippen LogP contribution is 2.41. The summed E-state index contributed by atoms with van der Waals surface area (Å²) < 4.78 is 17.3. The second-order valence-corrected chi connectivity index (χ2v) is 21.1. The minimum absolute atomic E-state index is 0.0544. The Kier molecular flexibility index (Phi) is 10.1. The number of esters is 2. The van der Waals surface area contributed by atoms with Crippen molar-refractivity contribution >= 4 is 59.3 Å². The third-order valence-corrected chi connectivity index (χ3v) is 13.6. The van der Waals surface area contributed by atoms with Crippen LogP contribution < -0.4 is 20.4 Å². The monoisotopic (exact) mass is 684 g/mol. The van der Waals surface area contributed by atoms with Crippen molar-refractivity contribution in [1.82, 2.24) is 15.6 Å². The van der Waals surface area contributed by atoms with Crippen molar-refractivity contribution in [2.24, 2.45) is 0 Å². The van der Waals surface area contributed by atoms with E-state index in [0.29, 0.717) is 24.2 Å². The molecule has 0 fully saturated rings. The molecule has 4 rings (SSSR count). The van der Waals surface area contributed by atoms with E-state index in [2.05, 4.69) is 54.8 Å². The van der Waals surface area contributed by atoms with E-state index in [-0.39, 0.29) is 34.1 Å². The minimum Gasteiger partial charge on any atom is -0.543 e. The zero-order chi connectivity index (χ0) is 35.1. The van der Waals surface area contributed by atoms with Crippen LogP contribution >= 0.6 is 11.3 Å². The predicted molar refractivity (Wildman–Crippen MR) is 187 cm³/mol. The molecule has 3 heterocycles. The molecule has 1 aromatic carbocycles. The van der Waals surface area contributed by atoms with Crippen LogP contribution in [0.15, 0.2) is 24.3 Å². The molecule has 256 valence electrons. The van der Waals surface area contributed by atoms with Gasteiger partial charge in [0.1, 0.15) is 27.6 Å². The predicted octanol–water partition coefficient (Wildman–Crippen LogP) is 6.47. The largest absolute Gasteiger partial charge is 0.543 e. The number of hydrogen-bond acceptors (Lipinski definition) is 9. The van der Waals surface area contributed by atoms with Crippen molar-refractivity contribution in [3.63, 3.8) is 0 Å². The molecule has 1 atom stereocenters. The Morgan fingerprint density at radius 2 is 1.62 bits per heavy atom. The average Bonchev–Trinajstić information content (AvgIpc) is 3.50. The lowest BCUT2D eigenvalue weighted by Gasteiger charge is -2.36. The summed E-state index contributed by atoms with van der Waals surface area (Å²) in [6.07, 6.45) is 0.495. The lowest BCUT2D eigenvalue weighted by atomic mass is 9.98. The summed E-state index contributed by atoms with van der Waals surface area (Å²) in [5.41, 5.74) is 0.502. The fourth-order valence-electron chi connectivity index (χ4n) is 4.79. The number of fused-ring (bicyclic) bond motifs is 2. The summed E-state index contributed by atoms with van der Waals surface area (Å²) in [6, 6.07) is 7.25. The summed E-state index contributed by atoms with van der Waals surface area (Å²) in [5.74, 6) is -2.16. The van der Waals surface area contributed by atoms with E-state index in [4.69, 9.17) is 13.9 Å². The van der Waals surface area contributed by atoms with Crippen LogP contribution in [0, 0.1) is 0 Å². The Morgan fingerprint density at radius 1 is 0.957 bits per heavy atom. The zero-order valence-corrected chi connectivity index (χ0v) is 31.1. The van der Waals surface area contributed by atoms with E-state index in [1.165, 1.54) is 11.3 Å². The number of thiophene rings is 1. The Bertz CT molecular complexity index is 1690. The normalized spacial score (nSPS) is 15.5. The van der Waals surface area contributed by atoms with Gasteiger partial charge in [-0.15, -0.1) is 11.3 Å². The number of H-pyrrole nitrogens is 1. The molecule has 2 aromatic heterocycles. The van der Waals surface area contributed by atoms with E-state index in [9.17, 15) is 19.2 Å². The van der Waals surface area contributed by atoms with Gasteiger partial charge in [-0.05, 0) is 102 Å². The van der Waals surface area contributed by atoms with Gasteiger partial charge < -0.3 is 34.8 Å². The maximum atomic E-state index is 13.4. The molecule has 0 saturated heterocycles. The topological polar surface area (TPSA) is 148 Å². The van der Waals surface area contributed by atoms with E-state index in [1.807, 2.05) is 18.2 Å². The Labute approximate surface area is 281 Å². The molecule has 11 nitrogen and oxygen atoms in total.